The quantitative estimate of drug-likeness (QED) is 0.909. The van der Waals surface area contributed by atoms with Gasteiger partial charge in [0.1, 0.15) is 6.07 Å². The standard InChI is InChI=1S/C16H19ClN4O2/c1-12(22)20-6-8-21(9-7-20)16(23)4-5-19-14-3-2-13(11-18)15(17)10-14/h2-3,10,19H,4-9H2,1H3. The molecule has 6 nitrogen and oxygen atoms in total. The number of carbonyl (C=O) groups is 2. The van der Waals surface area contributed by atoms with E-state index in [1.165, 1.54) is 0 Å². The van der Waals surface area contributed by atoms with Crippen LogP contribution in [0.2, 0.25) is 5.02 Å². The SMILES string of the molecule is CC(=O)N1CCN(C(=O)CCNc2ccc(C#N)c(Cl)c2)CC1. The first kappa shape index (κ1) is 17.1. The fourth-order valence-electron chi connectivity index (χ4n) is 2.46. The van der Waals surface area contributed by atoms with Crippen LogP contribution >= 0.6 is 11.6 Å². The third-order valence-electron chi connectivity index (χ3n) is 3.84. The molecule has 0 spiro atoms. The van der Waals surface area contributed by atoms with E-state index in [-0.39, 0.29) is 11.8 Å². The third kappa shape index (κ3) is 4.60. The lowest BCUT2D eigenvalue weighted by Gasteiger charge is -2.34. The summed E-state index contributed by atoms with van der Waals surface area (Å²) in [5.74, 6) is 0.122. The summed E-state index contributed by atoms with van der Waals surface area (Å²) in [4.78, 5) is 26.9. The lowest BCUT2D eigenvalue weighted by atomic mass is 10.2. The van der Waals surface area contributed by atoms with Crippen molar-refractivity contribution in [1.29, 1.82) is 5.26 Å². The predicted molar refractivity (Wildman–Crippen MR) is 88.1 cm³/mol. The molecule has 7 heteroatoms. The summed E-state index contributed by atoms with van der Waals surface area (Å²) in [7, 11) is 0. The van der Waals surface area contributed by atoms with Gasteiger partial charge in [0, 0.05) is 51.8 Å². The van der Waals surface area contributed by atoms with E-state index in [2.05, 4.69) is 5.32 Å². The van der Waals surface area contributed by atoms with Gasteiger partial charge in [-0.2, -0.15) is 5.26 Å². The first-order valence-electron chi connectivity index (χ1n) is 7.48. The summed E-state index contributed by atoms with van der Waals surface area (Å²) in [5.41, 5.74) is 1.21. The summed E-state index contributed by atoms with van der Waals surface area (Å²) < 4.78 is 0. The number of hydrogen-bond donors (Lipinski definition) is 1. The second-order valence-corrected chi connectivity index (χ2v) is 5.78. The van der Waals surface area contributed by atoms with Crippen molar-refractivity contribution in [3.05, 3.63) is 28.8 Å². The summed E-state index contributed by atoms with van der Waals surface area (Å²) in [5, 5.41) is 12.3. The average Bonchev–Trinajstić information content (AvgIpc) is 2.55. The van der Waals surface area contributed by atoms with E-state index in [4.69, 9.17) is 16.9 Å². The van der Waals surface area contributed by atoms with E-state index in [0.717, 1.165) is 5.69 Å². The molecule has 1 aliphatic heterocycles. The molecule has 0 aliphatic carbocycles. The number of amides is 2. The fraction of sp³-hybridized carbons (Fsp3) is 0.438. The molecule has 0 aromatic heterocycles. The van der Waals surface area contributed by atoms with Crippen LogP contribution in [0.5, 0.6) is 0 Å². The summed E-state index contributed by atoms with van der Waals surface area (Å²) in [6.45, 7) is 4.40. The molecule has 2 amide bonds. The number of benzene rings is 1. The van der Waals surface area contributed by atoms with Crippen LogP contribution in [0.1, 0.15) is 18.9 Å². The van der Waals surface area contributed by atoms with Gasteiger partial charge < -0.3 is 15.1 Å². The van der Waals surface area contributed by atoms with Crippen molar-refractivity contribution in [2.45, 2.75) is 13.3 Å². The number of piperazine rings is 1. The minimum absolute atomic E-state index is 0.0523. The third-order valence-corrected chi connectivity index (χ3v) is 4.15. The van der Waals surface area contributed by atoms with Crippen LogP contribution < -0.4 is 5.32 Å². The topological polar surface area (TPSA) is 76.4 Å². The lowest BCUT2D eigenvalue weighted by Crippen LogP contribution is -2.50. The number of nitrogens with one attached hydrogen (secondary N) is 1. The van der Waals surface area contributed by atoms with Crippen LogP contribution in [-0.2, 0) is 9.59 Å². The first-order chi connectivity index (χ1) is 11.0. The summed E-state index contributed by atoms with van der Waals surface area (Å²) >= 11 is 5.96. The molecule has 0 unspecified atom stereocenters. The zero-order chi connectivity index (χ0) is 16.8. The molecule has 23 heavy (non-hydrogen) atoms. The highest BCUT2D eigenvalue weighted by Gasteiger charge is 2.21. The van der Waals surface area contributed by atoms with Gasteiger partial charge in [-0.15, -0.1) is 0 Å². The Morgan fingerprint density at radius 1 is 1.26 bits per heavy atom. The van der Waals surface area contributed by atoms with E-state index in [1.807, 2.05) is 6.07 Å². The van der Waals surface area contributed by atoms with Gasteiger partial charge in [0.25, 0.3) is 0 Å². The number of anilines is 1. The molecule has 1 aromatic carbocycles. The van der Waals surface area contributed by atoms with Gasteiger partial charge in [0.15, 0.2) is 0 Å². The number of rotatable bonds is 4. The van der Waals surface area contributed by atoms with E-state index >= 15 is 0 Å². The molecular formula is C16H19ClN4O2. The van der Waals surface area contributed by atoms with Crippen LogP contribution in [-0.4, -0.2) is 54.3 Å². The van der Waals surface area contributed by atoms with Gasteiger partial charge in [-0.05, 0) is 18.2 Å². The van der Waals surface area contributed by atoms with Gasteiger partial charge in [-0.3, -0.25) is 9.59 Å². The number of halogens is 1. The zero-order valence-electron chi connectivity index (χ0n) is 13.0. The molecule has 1 saturated heterocycles. The van der Waals surface area contributed by atoms with Crippen LogP contribution in [0.4, 0.5) is 5.69 Å². The maximum atomic E-state index is 12.1. The van der Waals surface area contributed by atoms with Crippen molar-refractivity contribution in [2.24, 2.45) is 0 Å². The Labute approximate surface area is 140 Å². The van der Waals surface area contributed by atoms with Crippen LogP contribution in [0.15, 0.2) is 18.2 Å². The highest BCUT2D eigenvalue weighted by atomic mass is 35.5. The van der Waals surface area contributed by atoms with Crippen molar-refractivity contribution in [1.82, 2.24) is 9.80 Å². The summed E-state index contributed by atoms with van der Waals surface area (Å²) in [6, 6.07) is 7.09. The Morgan fingerprint density at radius 3 is 2.48 bits per heavy atom. The van der Waals surface area contributed by atoms with E-state index < -0.39 is 0 Å². The van der Waals surface area contributed by atoms with Gasteiger partial charge in [0.05, 0.1) is 10.6 Å². The highest BCUT2D eigenvalue weighted by Crippen LogP contribution is 2.20. The molecule has 0 saturated carbocycles. The Balaban J connectivity index is 1.76. The van der Waals surface area contributed by atoms with E-state index in [1.54, 1.807) is 34.9 Å². The second kappa shape index (κ2) is 7.84. The second-order valence-electron chi connectivity index (χ2n) is 5.37. The number of hydrogen-bond acceptors (Lipinski definition) is 4. The minimum Gasteiger partial charge on any atom is -0.384 e. The van der Waals surface area contributed by atoms with E-state index in [9.17, 15) is 9.59 Å². The molecule has 1 aromatic rings. The molecule has 0 radical (unpaired) electrons. The molecule has 122 valence electrons. The van der Waals surface area contributed by atoms with Crippen molar-refractivity contribution in [3.8, 4) is 6.07 Å². The Kier molecular flexibility index (Phi) is 5.83. The first-order valence-corrected chi connectivity index (χ1v) is 7.86. The molecule has 1 N–H and O–H groups in total. The predicted octanol–water partition coefficient (Wildman–Crippen LogP) is 1.70. The number of nitrogens with zero attached hydrogens (tertiary/aromatic N) is 3. The number of carbonyl (C=O) groups excluding carboxylic acids is 2. The smallest absolute Gasteiger partial charge is 0.224 e. The van der Waals surface area contributed by atoms with Gasteiger partial charge >= 0.3 is 0 Å². The lowest BCUT2D eigenvalue weighted by molar-refractivity contribution is -0.138. The van der Waals surface area contributed by atoms with Crippen molar-refractivity contribution in [3.63, 3.8) is 0 Å². The maximum Gasteiger partial charge on any atom is 0.224 e. The average molecular weight is 335 g/mol. The molecule has 1 fully saturated rings. The molecular weight excluding hydrogens is 316 g/mol. The number of nitriles is 1. The van der Waals surface area contributed by atoms with Crippen LogP contribution in [0.3, 0.4) is 0 Å². The Bertz CT molecular complexity index is 633. The minimum atomic E-state index is 0.0523. The van der Waals surface area contributed by atoms with Crippen molar-refractivity contribution < 1.29 is 9.59 Å². The Morgan fingerprint density at radius 2 is 1.91 bits per heavy atom. The van der Waals surface area contributed by atoms with Crippen molar-refractivity contribution >= 4 is 29.1 Å². The fourth-order valence-corrected chi connectivity index (χ4v) is 2.68. The molecule has 0 atom stereocenters. The zero-order valence-corrected chi connectivity index (χ0v) is 13.8. The Hall–Kier alpha value is -2.26. The highest BCUT2D eigenvalue weighted by molar-refractivity contribution is 6.32. The normalized spacial score (nSPS) is 14.3. The molecule has 2 rings (SSSR count). The molecule has 1 heterocycles. The van der Waals surface area contributed by atoms with Crippen molar-refractivity contribution in [2.75, 3.05) is 38.0 Å². The van der Waals surface area contributed by atoms with Crippen LogP contribution in [0.25, 0.3) is 0 Å². The monoisotopic (exact) mass is 334 g/mol. The largest absolute Gasteiger partial charge is 0.384 e. The van der Waals surface area contributed by atoms with Gasteiger partial charge in [-0.1, -0.05) is 11.6 Å². The molecule has 1 aliphatic rings. The van der Waals surface area contributed by atoms with E-state index in [0.29, 0.717) is 49.7 Å². The maximum absolute atomic E-state index is 12.1. The van der Waals surface area contributed by atoms with Crippen LogP contribution in [0, 0.1) is 11.3 Å². The summed E-state index contributed by atoms with van der Waals surface area (Å²) in [6.07, 6.45) is 0.373. The van der Waals surface area contributed by atoms with Gasteiger partial charge in [-0.25, -0.2) is 0 Å². The molecule has 0 bridgehead atoms. The van der Waals surface area contributed by atoms with Gasteiger partial charge in [0.2, 0.25) is 11.8 Å².